The highest BCUT2D eigenvalue weighted by Crippen LogP contribution is 2.27. The topological polar surface area (TPSA) is 93.4 Å². The van der Waals surface area contributed by atoms with Gasteiger partial charge in [-0.2, -0.15) is 15.6 Å². The van der Waals surface area contributed by atoms with E-state index >= 15 is 0 Å². The van der Waals surface area contributed by atoms with E-state index in [1.54, 1.807) is 31.3 Å². The van der Waals surface area contributed by atoms with Crippen molar-refractivity contribution in [3.63, 3.8) is 0 Å². The summed E-state index contributed by atoms with van der Waals surface area (Å²) in [5.41, 5.74) is 1.64. The van der Waals surface area contributed by atoms with Gasteiger partial charge < -0.3 is 0 Å². The van der Waals surface area contributed by atoms with Crippen molar-refractivity contribution >= 4 is 27.0 Å². The summed E-state index contributed by atoms with van der Waals surface area (Å²) in [6.45, 7) is 1.85. The number of non-ortho nitro benzene ring substituents is 1. The molecule has 0 bridgehead atoms. The van der Waals surface area contributed by atoms with E-state index in [0.29, 0.717) is 11.3 Å². The molecule has 0 spiro atoms. The van der Waals surface area contributed by atoms with Gasteiger partial charge in [-0.15, -0.1) is 0 Å². The minimum absolute atomic E-state index is 0.0668. The first-order valence-corrected chi connectivity index (χ1v) is 10.4. The lowest BCUT2D eigenvalue weighted by Gasteiger charge is -2.22. The van der Waals surface area contributed by atoms with Crippen LogP contribution in [0.4, 0.5) is 5.69 Å². The molecule has 9 heteroatoms. The Morgan fingerprint density at radius 1 is 1.19 bits per heavy atom. The number of rotatable bonds is 7. The Morgan fingerprint density at radius 2 is 2.00 bits per heavy atom. The van der Waals surface area contributed by atoms with Crippen LogP contribution >= 0.6 is 11.3 Å². The van der Waals surface area contributed by atoms with Crippen molar-refractivity contribution in [3.8, 4) is 0 Å². The fourth-order valence-electron chi connectivity index (χ4n) is 2.60. The first kappa shape index (κ1) is 19.2. The number of nitro groups is 1. The number of hydrogen-bond acceptors (Lipinski definition) is 6. The van der Waals surface area contributed by atoms with Gasteiger partial charge in [0.25, 0.3) is 5.69 Å². The Bertz CT molecular complexity index is 1040. The molecule has 0 aliphatic carbocycles. The molecule has 3 rings (SSSR count). The molecular weight excluding hydrogens is 386 g/mol. The number of nitro benzene ring substituents is 1. The van der Waals surface area contributed by atoms with Gasteiger partial charge in [0.2, 0.25) is 10.0 Å². The molecule has 0 aliphatic rings. The maximum Gasteiger partial charge on any atom is 0.270 e. The highest BCUT2D eigenvalue weighted by atomic mass is 32.2. The number of sulfonamides is 1. The van der Waals surface area contributed by atoms with E-state index in [1.165, 1.54) is 27.8 Å². The predicted octanol–water partition coefficient (Wildman–Crippen LogP) is 3.75. The first-order chi connectivity index (χ1) is 12.9. The van der Waals surface area contributed by atoms with Crippen LogP contribution < -0.4 is 0 Å². The smallest absolute Gasteiger partial charge is 0.260 e. The molecule has 0 N–H and O–H groups in total. The maximum atomic E-state index is 13.3. The minimum Gasteiger partial charge on any atom is -0.260 e. The van der Waals surface area contributed by atoms with E-state index in [0.717, 1.165) is 11.6 Å². The summed E-state index contributed by atoms with van der Waals surface area (Å²) >= 11 is 1.48. The monoisotopic (exact) mass is 403 g/mol. The second kappa shape index (κ2) is 7.95. The molecule has 2 heterocycles. The predicted molar refractivity (Wildman–Crippen MR) is 103 cm³/mol. The highest BCUT2D eigenvalue weighted by molar-refractivity contribution is 7.89. The number of benzene rings is 1. The van der Waals surface area contributed by atoms with Crippen molar-refractivity contribution in [2.45, 2.75) is 24.9 Å². The second-order valence-corrected chi connectivity index (χ2v) is 8.62. The summed E-state index contributed by atoms with van der Waals surface area (Å²) in [5.74, 6) is 0. The molecular formula is C18H17N3O4S2. The molecule has 140 valence electrons. The average Bonchev–Trinajstić information content (AvgIpc) is 3.15. The van der Waals surface area contributed by atoms with Crippen molar-refractivity contribution in [3.05, 3.63) is 86.4 Å². The molecule has 0 aliphatic heterocycles. The molecule has 0 saturated heterocycles. The van der Waals surface area contributed by atoms with E-state index in [1.807, 2.05) is 16.8 Å². The number of hydrogen-bond donors (Lipinski definition) is 0. The second-order valence-electron chi connectivity index (χ2n) is 5.93. The zero-order valence-electron chi connectivity index (χ0n) is 14.5. The zero-order chi connectivity index (χ0) is 19.4. The number of thiophene rings is 1. The van der Waals surface area contributed by atoms with E-state index in [-0.39, 0.29) is 23.7 Å². The van der Waals surface area contributed by atoms with Gasteiger partial charge in [-0.05, 0) is 47.0 Å². The minimum atomic E-state index is -3.97. The van der Waals surface area contributed by atoms with Gasteiger partial charge in [-0.3, -0.25) is 15.1 Å². The normalized spacial score (nSPS) is 11.6. The first-order valence-electron chi connectivity index (χ1n) is 8.04. The van der Waals surface area contributed by atoms with Crippen LogP contribution in [0.15, 0.2) is 64.3 Å². The molecule has 2 aromatic heterocycles. The van der Waals surface area contributed by atoms with Gasteiger partial charge in [-0.25, -0.2) is 8.42 Å². The quantitative estimate of drug-likeness (QED) is 0.442. The van der Waals surface area contributed by atoms with Gasteiger partial charge in [0.15, 0.2) is 0 Å². The lowest BCUT2D eigenvalue weighted by molar-refractivity contribution is -0.385. The molecule has 0 saturated carbocycles. The third-order valence-corrected chi connectivity index (χ3v) is 6.67. The van der Waals surface area contributed by atoms with Crippen LogP contribution in [0.1, 0.15) is 16.8 Å². The van der Waals surface area contributed by atoms with Gasteiger partial charge in [-0.1, -0.05) is 12.1 Å². The van der Waals surface area contributed by atoms with Gasteiger partial charge in [0, 0.05) is 24.9 Å². The Morgan fingerprint density at radius 3 is 2.63 bits per heavy atom. The van der Waals surface area contributed by atoms with Crippen LogP contribution in [-0.4, -0.2) is 22.6 Å². The molecule has 0 fully saturated rings. The Kier molecular flexibility index (Phi) is 5.64. The largest absolute Gasteiger partial charge is 0.270 e. The van der Waals surface area contributed by atoms with Crippen LogP contribution in [0.5, 0.6) is 0 Å². The van der Waals surface area contributed by atoms with Crippen LogP contribution in [-0.2, 0) is 23.1 Å². The number of aromatic nitrogens is 1. The molecule has 3 aromatic rings. The molecule has 0 atom stereocenters. The van der Waals surface area contributed by atoms with E-state index in [4.69, 9.17) is 0 Å². The zero-order valence-corrected chi connectivity index (χ0v) is 16.1. The summed E-state index contributed by atoms with van der Waals surface area (Å²) in [4.78, 5) is 14.6. The lowest BCUT2D eigenvalue weighted by atomic mass is 10.2. The van der Waals surface area contributed by atoms with Crippen molar-refractivity contribution in [2.75, 3.05) is 0 Å². The molecule has 0 amide bonds. The summed E-state index contributed by atoms with van der Waals surface area (Å²) in [5, 5.41) is 14.8. The molecule has 0 unspecified atom stereocenters. The maximum absolute atomic E-state index is 13.3. The standard InChI is InChI=1S/C18H17N3O4S2/c1-14-5-6-17(21(22)23)10-18(14)27(24,25)20(11-15-7-9-26-13-15)12-16-4-2-3-8-19-16/h2-10,13H,11-12H2,1H3. The Labute approximate surface area is 161 Å². The summed E-state index contributed by atoms with van der Waals surface area (Å²) in [7, 11) is -3.97. The van der Waals surface area contributed by atoms with Gasteiger partial charge in [0.05, 0.1) is 22.1 Å². The van der Waals surface area contributed by atoms with E-state index < -0.39 is 14.9 Å². The summed E-state index contributed by atoms with van der Waals surface area (Å²) in [6, 6.07) is 11.0. The Hall–Kier alpha value is -2.62. The number of pyridine rings is 1. The van der Waals surface area contributed by atoms with Gasteiger partial charge >= 0.3 is 0 Å². The third-order valence-electron chi connectivity index (χ3n) is 4.00. The fourth-order valence-corrected chi connectivity index (χ4v) is 4.91. The highest BCUT2D eigenvalue weighted by Gasteiger charge is 2.28. The van der Waals surface area contributed by atoms with Crippen molar-refractivity contribution in [2.24, 2.45) is 0 Å². The third kappa shape index (κ3) is 4.38. The number of nitrogens with zero attached hydrogens (tertiary/aromatic N) is 3. The van der Waals surface area contributed by atoms with Crippen molar-refractivity contribution in [1.82, 2.24) is 9.29 Å². The fraction of sp³-hybridized carbons (Fsp3) is 0.167. The molecule has 0 radical (unpaired) electrons. The van der Waals surface area contributed by atoms with E-state index in [2.05, 4.69) is 4.98 Å². The van der Waals surface area contributed by atoms with Crippen LogP contribution in [0.25, 0.3) is 0 Å². The number of aryl methyl sites for hydroxylation is 1. The van der Waals surface area contributed by atoms with E-state index in [9.17, 15) is 18.5 Å². The van der Waals surface area contributed by atoms with Crippen LogP contribution in [0.3, 0.4) is 0 Å². The SMILES string of the molecule is Cc1ccc([N+](=O)[O-])cc1S(=O)(=O)N(Cc1ccsc1)Cc1ccccn1. The lowest BCUT2D eigenvalue weighted by Crippen LogP contribution is -2.31. The molecule has 1 aromatic carbocycles. The molecule has 27 heavy (non-hydrogen) atoms. The van der Waals surface area contributed by atoms with Crippen molar-refractivity contribution in [1.29, 1.82) is 0 Å². The van der Waals surface area contributed by atoms with Crippen LogP contribution in [0, 0.1) is 17.0 Å². The Balaban J connectivity index is 2.04. The molecule has 7 nitrogen and oxygen atoms in total. The summed E-state index contributed by atoms with van der Waals surface area (Å²) < 4.78 is 28.0. The van der Waals surface area contributed by atoms with Crippen LogP contribution in [0.2, 0.25) is 0 Å². The van der Waals surface area contributed by atoms with Crippen molar-refractivity contribution < 1.29 is 13.3 Å². The van der Waals surface area contributed by atoms with Gasteiger partial charge in [0.1, 0.15) is 0 Å². The summed E-state index contributed by atoms with van der Waals surface area (Å²) in [6.07, 6.45) is 1.60. The average molecular weight is 403 g/mol.